The minimum atomic E-state index is -1.74. The third-order valence-corrected chi connectivity index (χ3v) is 15.3. The quantitative estimate of drug-likeness (QED) is 0.0379. The molecular weight excluding hydrogens is 851 g/mol. The van der Waals surface area contributed by atoms with Crippen molar-refractivity contribution >= 4 is 29.3 Å². The van der Waals surface area contributed by atoms with E-state index in [1.54, 1.807) is 11.9 Å². The number of carbonyl (C=O) groups excluding carboxylic acids is 5. The van der Waals surface area contributed by atoms with Gasteiger partial charge in [0, 0.05) is 12.6 Å². The topological polar surface area (TPSA) is 203 Å². The van der Waals surface area contributed by atoms with Gasteiger partial charge in [-0.1, -0.05) is 155 Å². The fourth-order valence-electron chi connectivity index (χ4n) is 11.4. The van der Waals surface area contributed by atoms with Gasteiger partial charge in [-0.05, 0) is 113 Å². The highest BCUT2D eigenvalue weighted by Crippen LogP contribution is 2.40. The maximum atomic E-state index is 16.1. The van der Waals surface area contributed by atoms with Crippen LogP contribution in [0.2, 0.25) is 0 Å². The highest BCUT2D eigenvalue weighted by atomic mass is 16.2. The number of hydrogen-bond acceptors (Lipinski definition) is 9. The molecule has 0 radical (unpaired) electrons. The Hall–Kier alpha value is -4.75. The summed E-state index contributed by atoms with van der Waals surface area (Å²) in [5.41, 5.74) is 20.4. The van der Waals surface area contributed by atoms with Gasteiger partial charge < -0.3 is 38.1 Å². The van der Waals surface area contributed by atoms with Crippen LogP contribution in [0.1, 0.15) is 139 Å². The number of likely N-dealkylation sites (N-methyl/N-ethyl adjacent to an activating group) is 1. The summed E-state index contributed by atoms with van der Waals surface area (Å²) >= 11 is 0. The van der Waals surface area contributed by atoms with Crippen molar-refractivity contribution in [3.8, 4) is 0 Å². The van der Waals surface area contributed by atoms with E-state index in [0.717, 1.165) is 68.9 Å². The van der Waals surface area contributed by atoms with Crippen LogP contribution in [0.4, 0.5) is 0 Å². The number of benzene rings is 3. The van der Waals surface area contributed by atoms with E-state index in [4.69, 9.17) is 17.2 Å². The lowest BCUT2D eigenvalue weighted by atomic mass is 9.64. The summed E-state index contributed by atoms with van der Waals surface area (Å²) in [4.78, 5) is 76.5. The molecule has 1 saturated heterocycles. The first-order valence-electron chi connectivity index (χ1n) is 26.1. The molecule has 3 amide bonds. The number of ketones is 2. The fraction of sp³-hybridized carbons (Fsp3) is 0.589. The second kappa shape index (κ2) is 26.9. The molecule has 68 heavy (non-hydrogen) atoms. The Morgan fingerprint density at radius 2 is 1.19 bits per heavy atom. The first kappa shape index (κ1) is 52.6. The number of likely N-dealkylation sites (tertiary alicyclic amines) is 1. The van der Waals surface area contributed by atoms with Crippen LogP contribution in [-0.2, 0) is 42.2 Å². The van der Waals surface area contributed by atoms with Gasteiger partial charge in [-0.2, -0.15) is 0 Å². The molecule has 12 heteroatoms. The molecule has 2 saturated carbocycles. The molecule has 1 heterocycles. The van der Waals surface area contributed by atoms with Gasteiger partial charge in [0.25, 0.3) is 0 Å². The molecule has 0 spiro atoms. The van der Waals surface area contributed by atoms with E-state index >= 15 is 14.4 Å². The number of hydrogen-bond donors (Lipinski definition) is 6. The monoisotopic (exact) mass is 932 g/mol. The highest BCUT2D eigenvalue weighted by Gasteiger charge is 2.54. The molecule has 6 rings (SSSR count). The van der Waals surface area contributed by atoms with Gasteiger partial charge >= 0.3 is 0 Å². The number of amides is 3. The minimum absolute atomic E-state index is 0.0707. The average Bonchev–Trinajstić information content (AvgIpc) is 3.87. The van der Waals surface area contributed by atoms with Crippen LogP contribution in [0.5, 0.6) is 0 Å². The molecule has 9 N–H and O–H groups in total. The first-order valence-corrected chi connectivity index (χ1v) is 26.1. The molecule has 3 aromatic carbocycles. The van der Waals surface area contributed by atoms with Crippen molar-refractivity contribution in [1.82, 2.24) is 20.9 Å². The van der Waals surface area contributed by atoms with Crippen molar-refractivity contribution in [2.75, 3.05) is 20.1 Å². The summed E-state index contributed by atoms with van der Waals surface area (Å²) in [6, 6.07) is 24.4. The molecule has 370 valence electrons. The van der Waals surface area contributed by atoms with Crippen LogP contribution < -0.4 is 33.2 Å². The number of nitrogens with zero attached hydrogens (tertiary/aromatic N) is 1. The summed E-state index contributed by atoms with van der Waals surface area (Å²) in [6.07, 6.45) is 15.8. The number of nitrogens with two attached hydrogens (primary N) is 3. The molecule has 0 bridgehead atoms. The van der Waals surface area contributed by atoms with Gasteiger partial charge in [0.05, 0.1) is 24.2 Å². The number of nitrogens with one attached hydrogen (secondary N) is 3. The van der Waals surface area contributed by atoms with Gasteiger partial charge in [-0.3, -0.25) is 24.0 Å². The molecule has 2 unspecified atom stereocenters. The van der Waals surface area contributed by atoms with Crippen LogP contribution in [0.25, 0.3) is 0 Å². The highest BCUT2D eigenvalue weighted by molar-refractivity contribution is 6.17. The van der Waals surface area contributed by atoms with Crippen LogP contribution in [0, 0.1) is 11.8 Å². The maximum absolute atomic E-state index is 16.1. The number of unbranched alkanes of at least 4 members (excludes halogenated alkanes) is 1. The largest absolute Gasteiger partial charge is 0.352 e. The molecule has 3 aliphatic rings. The molecule has 2 aliphatic carbocycles. The number of Topliss-reactive ketones (excluding diaryl/α,β-unsaturated/α-hetero) is 2. The SMILES string of the molecule is CN[C@@H](Cc1ccccc1)C(=O)N[C@@H](CCCCN)C(=O)N1CCC[C@H]1C(=O)C(CCC(Cc1ccccc1)NC(=O)[C@@H](N)CC1CCCCC1)(C(=O)[C@H](N)CC1CCCCC1)c1ccccc1. The normalized spacial score (nSPS) is 20.1. The zero-order valence-electron chi connectivity index (χ0n) is 40.8. The van der Waals surface area contributed by atoms with E-state index in [-0.39, 0.29) is 48.0 Å². The minimum Gasteiger partial charge on any atom is -0.352 e. The van der Waals surface area contributed by atoms with Gasteiger partial charge in [0.15, 0.2) is 11.6 Å². The van der Waals surface area contributed by atoms with E-state index in [1.165, 1.54) is 6.42 Å². The third-order valence-electron chi connectivity index (χ3n) is 15.3. The Bertz CT molecular complexity index is 2030. The van der Waals surface area contributed by atoms with Crippen molar-refractivity contribution in [2.45, 2.75) is 177 Å². The zero-order valence-corrected chi connectivity index (χ0v) is 40.8. The van der Waals surface area contributed by atoms with Crippen LogP contribution in [0.3, 0.4) is 0 Å². The Balaban J connectivity index is 1.34. The molecule has 3 fully saturated rings. The van der Waals surface area contributed by atoms with Crippen molar-refractivity contribution in [3.63, 3.8) is 0 Å². The van der Waals surface area contributed by atoms with E-state index in [1.807, 2.05) is 91.0 Å². The Morgan fingerprint density at radius 3 is 1.76 bits per heavy atom. The van der Waals surface area contributed by atoms with E-state index in [2.05, 4.69) is 16.0 Å². The molecule has 1 aliphatic heterocycles. The second-order valence-corrected chi connectivity index (χ2v) is 20.2. The van der Waals surface area contributed by atoms with Crippen molar-refractivity contribution in [3.05, 3.63) is 108 Å². The van der Waals surface area contributed by atoms with Gasteiger partial charge in [-0.15, -0.1) is 0 Å². The average molecular weight is 932 g/mol. The molecule has 3 aromatic rings. The maximum Gasteiger partial charge on any atom is 0.245 e. The lowest BCUT2D eigenvalue weighted by Gasteiger charge is -2.40. The van der Waals surface area contributed by atoms with Crippen LogP contribution >= 0.6 is 0 Å². The lowest BCUT2D eigenvalue weighted by Crippen LogP contribution is -2.60. The van der Waals surface area contributed by atoms with Crippen LogP contribution in [-0.4, -0.2) is 90.6 Å². The lowest BCUT2D eigenvalue weighted by molar-refractivity contribution is -0.146. The Kier molecular flexibility index (Phi) is 20.8. The molecule has 0 aromatic heterocycles. The summed E-state index contributed by atoms with van der Waals surface area (Å²) < 4.78 is 0. The summed E-state index contributed by atoms with van der Waals surface area (Å²) in [7, 11) is 1.73. The zero-order chi connectivity index (χ0) is 48.3. The molecule has 7 atom stereocenters. The Morgan fingerprint density at radius 1 is 0.632 bits per heavy atom. The molecular formula is C56H81N7O5. The van der Waals surface area contributed by atoms with E-state index in [9.17, 15) is 9.59 Å². The third kappa shape index (κ3) is 14.4. The standard InChI is InChI=1S/C56H81N7O5/c1-60-49(39-43-26-13-5-14-27-43)54(67)62-48(30-17-18-34-57)55(68)63-35-19-31-50(63)52(65)56(44-28-15-6-16-29-44,51(64)46(58)37-41-22-9-3-10-23-41)33-32-45(36-40-20-7-2-8-21-40)61-53(66)47(59)38-42-24-11-4-12-25-42/h2,5-8,13-16,20-21,26-29,41-42,45-50,60H,3-4,9-12,17-19,22-25,30-39,57-59H2,1H3,(H,61,66)(H,62,67)/t45?,46-,47+,48+,49+,50+,56?/m1/s1. The van der Waals surface area contributed by atoms with E-state index < -0.39 is 41.7 Å². The van der Waals surface area contributed by atoms with Crippen LogP contribution in [0.15, 0.2) is 91.0 Å². The van der Waals surface area contributed by atoms with Crippen molar-refractivity contribution in [1.29, 1.82) is 0 Å². The van der Waals surface area contributed by atoms with Gasteiger partial charge in [-0.25, -0.2) is 0 Å². The van der Waals surface area contributed by atoms with E-state index in [0.29, 0.717) is 82.4 Å². The summed E-state index contributed by atoms with van der Waals surface area (Å²) in [5.74, 6) is -0.904. The van der Waals surface area contributed by atoms with Gasteiger partial charge in [0.2, 0.25) is 17.7 Å². The smallest absolute Gasteiger partial charge is 0.245 e. The number of carbonyl (C=O) groups is 5. The summed E-state index contributed by atoms with van der Waals surface area (Å²) in [6.45, 7) is 0.741. The predicted octanol–water partition coefficient (Wildman–Crippen LogP) is 6.60. The number of rotatable bonds is 26. The fourth-order valence-corrected chi connectivity index (χ4v) is 11.4. The van der Waals surface area contributed by atoms with Crippen molar-refractivity contribution in [2.24, 2.45) is 29.0 Å². The van der Waals surface area contributed by atoms with Crippen molar-refractivity contribution < 1.29 is 24.0 Å². The van der Waals surface area contributed by atoms with Gasteiger partial charge in [0.1, 0.15) is 11.5 Å². The molecule has 12 nitrogen and oxygen atoms in total. The second-order valence-electron chi connectivity index (χ2n) is 20.2. The Labute approximate surface area is 406 Å². The predicted molar refractivity (Wildman–Crippen MR) is 270 cm³/mol. The first-order chi connectivity index (χ1) is 33.0. The summed E-state index contributed by atoms with van der Waals surface area (Å²) in [5, 5.41) is 9.50.